The minimum Gasteiger partial charge on any atom is -0.207 e. The van der Waals surface area contributed by atoms with Crippen LogP contribution in [0.25, 0.3) is 0 Å². The fourth-order valence-corrected chi connectivity index (χ4v) is 3.72. The highest BCUT2D eigenvalue weighted by atomic mass is 79.9. The Hall–Kier alpha value is -0.390. The van der Waals surface area contributed by atoms with Gasteiger partial charge >= 0.3 is 0 Å². The topological polar surface area (TPSA) is 46.2 Å². The summed E-state index contributed by atoms with van der Waals surface area (Å²) in [7, 11) is -3.35. The van der Waals surface area contributed by atoms with Gasteiger partial charge in [0.2, 0.25) is 10.0 Å². The minimum atomic E-state index is -3.35. The molecule has 1 aliphatic carbocycles. The molecule has 15 heavy (non-hydrogen) atoms. The van der Waals surface area contributed by atoms with Crippen molar-refractivity contribution >= 4 is 26.0 Å². The van der Waals surface area contributed by atoms with E-state index in [0.29, 0.717) is 10.2 Å². The van der Waals surface area contributed by atoms with Crippen LogP contribution in [-0.4, -0.2) is 19.3 Å². The average molecular weight is 290 g/mol. The number of nitrogens with one attached hydrogen (secondary N) is 1. The van der Waals surface area contributed by atoms with Gasteiger partial charge < -0.3 is 0 Å². The average Bonchev–Trinajstić information content (AvgIpc) is 2.99. The zero-order valence-electron chi connectivity index (χ0n) is 8.11. The second kappa shape index (κ2) is 3.88. The summed E-state index contributed by atoms with van der Waals surface area (Å²) >= 11 is 3.33. The molecule has 0 aromatic heterocycles. The molecule has 0 amide bonds. The smallest absolute Gasteiger partial charge is 0.207 e. The Bertz CT molecular complexity index is 440. The molecule has 1 aliphatic rings. The van der Waals surface area contributed by atoms with Crippen molar-refractivity contribution in [1.82, 2.24) is 4.72 Å². The zero-order chi connectivity index (χ0) is 10.9. The van der Waals surface area contributed by atoms with Crippen LogP contribution in [0.3, 0.4) is 0 Å². The number of benzene rings is 1. The Kier molecular flexibility index (Phi) is 2.87. The third kappa shape index (κ3) is 2.41. The van der Waals surface area contributed by atoms with E-state index in [1.54, 1.807) is 30.3 Å². The van der Waals surface area contributed by atoms with Crippen LogP contribution in [0.15, 0.2) is 35.2 Å². The SMILES string of the molecule is O=S(=O)(NC1(CBr)CC1)c1ccccc1. The summed E-state index contributed by atoms with van der Waals surface area (Å²) in [5.74, 6) is 0. The molecular formula is C10H12BrNO2S. The van der Waals surface area contributed by atoms with Crippen LogP contribution in [0.5, 0.6) is 0 Å². The third-order valence-corrected chi connectivity index (χ3v) is 5.18. The predicted octanol–water partition coefficient (Wildman–Crippen LogP) is 1.89. The first kappa shape index (κ1) is 11.1. The molecule has 1 N–H and O–H groups in total. The monoisotopic (exact) mass is 289 g/mol. The van der Waals surface area contributed by atoms with Crippen molar-refractivity contribution < 1.29 is 8.42 Å². The van der Waals surface area contributed by atoms with Crippen LogP contribution in [0, 0.1) is 0 Å². The third-order valence-electron chi connectivity index (χ3n) is 2.51. The van der Waals surface area contributed by atoms with Gasteiger partial charge in [-0.2, -0.15) is 0 Å². The van der Waals surface area contributed by atoms with Crippen LogP contribution in [0.1, 0.15) is 12.8 Å². The number of hydrogen-bond donors (Lipinski definition) is 1. The van der Waals surface area contributed by atoms with Gasteiger partial charge in [0.25, 0.3) is 0 Å². The van der Waals surface area contributed by atoms with Gasteiger partial charge in [0.15, 0.2) is 0 Å². The van der Waals surface area contributed by atoms with Crippen molar-refractivity contribution in [3.63, 3.8) is 0 Å². The van der Waals surface area contributed by atoms with E-state index in [2.05, 4.69) is 20.7 Å². The summed E-state index contributed by atoms with van der Waals surface area (Å²) in [6, 6.07) is 8.46. The van der Waals surface area contributed by atoms with E-state index in [9.17, 15) is 8.42 Å². The highest BCUT2D eigenvalue weighted by molar-refractivity contribution is 9.09. The second-order valence-electron chi connectivity index (χ2n) is 3.83. The lowest BCUT2D eigenvalue weighted by molar-refractivity contribution is 0.561. The molecule has 0 aliphatic heterocycles. The largest absolute Gasteiger partial charge is 0.241 e. The van der Waals surface area contributed by atoms with Gasteiger partial charge in [0.1, 0.15) is 0 Å². The van der Waals surface area contributed by atoms with Crippen molar-refractivity contribution in [2.24, 2.45) is 0 Å². The Balaban J connectivity index is 2.22. The van der Waals surface area contributed by atoms with Crippen LogP contribution < -0.4 is 4.72 Å². The maximum Gasteiger partial charge on any atom is 0.241 e. The molecule has 0 heterocycles. The summed E-state index contributed by atoms with van der Waals surface area (Å²) in [6.07, 6.45) is 1.81. The van der Waals surface area contributed by atoms with Crippen LogP contribution in [0.2, 0.25) is 0 Å². The quantitative estimate of drug-likeness (QED) is 0.861. The molecule has 1 saturated carbocycles. The molecule has 1 aromatic carbocycles. The van der Waals surface area contributed by atoms with Crippen LogP contribution in [-0.2, 0) is 10.0 Å². The van der Waals surface area contributed by atoms with Crippen molar-refractivity contribution in [2.45, 2.75) is 23.3 Å². The van der Waals surface area contributed by atoms with Crippen LogP contribution >= 0.6 is 15.9 Å². The van der Waals surface area contributed by atoms with Gasteiger partial charge in [0, 0.05) is 10.9 Å². The maximum atomic E-state index is 11.9. The molecule has 0 bridgehead atoms. The molecule has 0 radical (unpaired) electrons. The molecule has 1 fully saturated rings. The fourth-order valence-electron chi connectivity index (χ4n) is 1.36. The van der Waals surface area contributed by atoms with E-state index in [-0.39, 0.29) is 5.54 Å². The molecule has 2 rings (SSSR count). The highest BCUT2D eigenvalue weighted by Gasteiger charge is 2.44. The molecule has 3 nitrogen and oxygen atoms in total. The molecule has 1 aromatic rings. The number of sulfonamides is 1. The van der Waals surface area contributed by atoms with Gasteiger partial charge in [-0.05, 0) is 25.0 Å². The molecule has 0 spiro atoms. The van der Waals surface area contributed by atoms with E-state index < -0.39 is 10.0 Å². The lowest BCUT2D eigenvalue weighted by Crippen LogP contribution is -2.37. The number of hydrogen-bond acceptors (Lipinski definition) is 2. The molecule has 82 valence electrons. The summed E-state index contributed by atoms with van der Waals surface area (Å²) in [5.41, 5.74) is -0.241. The van der Waals surface area contributed by atoms with Gasteiger partial charge in [-0.25, -0.2) is 13.1 Å². The van der Waals surface area contributed by atoms with Gasteiger partial charge in [-0.15, -0.1) is 0 Å². The maximum absolute atomic E-state index is 11.9. The van der Waals surface area contributed by atoms with Gasteiger partial charge in [-0.1, -0.05) is 34.1 Å². The van der Waals surface area contributed by atoms with E-state index in [4.69, 9.17) is 0 Å². The Labute approximate surface area is 98.1 Å². The van der Waals surface area contributed by atoms with E-state index >= 15 is 0 Å². The number of rotatable bonds is 4. The normalized spacial score (nSPS) is 18.7. The van der Waals surface area contributed by atoms with Crippen LogP contribution in [0.4, 0.5) is 0 Å². The molecule has 0 atom stereocenters. The molecular weight excluding hydrogens is 278 g/mol. The van der Waals surface area contributed by atoms with E-state index in [1.807, 2.05) is 0 Å². The summed E-state index contributed by atoms with van der Waals surface area (Å²) in [6.45, 7) is 0. The minimum absolute atomic E-state index is 0.241. The number of halogens is 1. The Morgan fingerprint density at radius 3 is 2.33 bits per heavy atom. The number of alkyl halides is 1. The van der Waals surface area contributed by atoms with Crippen molar-refractivity contribution in [3.05, 3.63) is 30.3 Å². The lowest BCUT2D eigenvalue weighted by Gasteiger charge is -2.14. The van der Waals surface area contributed by atoms with Gasteiger partial charge in [-0.3, -0.25) is 0 Å². The standard InChI is InChI=1S/C10H12BrNO2S/c11-8-10(6-7-10)12-15(13,14)9-4-2-1-3-5-9/h1-5,12H,6-8H2. The van der Waals surface area contributed by atoms with Gasteiger partial charge in [0.05, 0.1) is 4.90 Å². The molecule has 5 heteroatoms. The van der Waals surface area contributed by atoms with E-state index in [1.165, 1.54) is 0 Å². The first-order chi connectivity index (χ1) is 7.08. The Morgan fingerprint density at radius 1 is 1.27 bits per heavy atom. The molecule has 0 saturated heterocycles. The van der Waals surface area contributed by atoms with Crippen molar-refractivity contribution in [1.29, 1.82) is 0 Å². The highest BCUT2D eigenvalue weighted by Crippen LogP contribution is 2.38. The lowest BCUT2D eigenvalue weighted by atomic mass is 10.4. The van der Waals surface area contributed by atoms with Crippen molar-refractivity contribution in [2.75, 3.05) is 5.33 Å². The predicted molar refractivity (Wildman–Crippen MR) is 62.5 cm³/mol. The van der Waals surface area contributed by atoms with E-state index in [0.717, 1.165) is 12.8 Å². The zero-order valence-corrected chi connectivity index (χ0v) is 10.5. The first-order valence-electron chi connectivity index (χ1n) is 4.73. The second-order valence-corrected chi connectivity index (χ2v) is 6.08. The van der Waals surface area contributed by atoms with Crippen molar-refractivity contribution in [3.8, 4) is 0 Å². The summed E-state index contributed by atoms with van der Waals surface area (Å²) in [4.78, 5) is 0.331. The summed E-state index contributed by atoms with van der Waals surface area (Å²) < 4.78 is 26.6. The fraction of sp³-hybridized carbons (Fsp3) is 0.400. The first-order valence-corrected chi connectivity index (χ1v) is 7.33. The molecule has 0 unspecified atom stereocenters. The summed E-state index contributed by atoms with van der Waals surface area (Å²) in [5, 5.41) is 0.673. The Morgan fingerprint density at radius 2 is 1.87 bits per heavy atom.